The van der Waals surface area contributed by atoms with Crippen molar-refractivity contribution in [2.45, 2.75) is 13.0 Å². The number of rotatable bonds is 4. The van der Waals surface area contributed by atoms with Crippen LogP contribution < -0.4 is 5.32 Å². The van der Waals surface area contributed by atoms with Crippen LogP contribution in [0.1, 0.15) is 17.3 Å². The molecule has 102 valence electrons. The van der Waals surface area contributed by atoms with Gasteiger partial charge in [0.1, 0.15) is 6.04 Å². The van der Waals surface area contributed by atoms with Crippen LogP contribution in [0.15, 0.2) is 54.6 Å². The summed E-state index contributed by atoms with van der Waals surface area (Å²) < 4.78 is 0. The quantitative estimate of drug-likeness (QED) is 0.896. The summed E-state index contributed by atoms with van der Waals surface area (Å²) in [5.74, 6) is -1.45. The molecular formula is C16H15NO3. The lowest BCUT2D eigenvalue weighted by Crippen LogP contribution is -2.38. The Morgan fingerprint density at radius 2 is 1.65 bits per heavy atom. The number of hydrogen-bond acceptors (Lipinski definition) is 2. The van der Waals surface area contributed by atoms with Crippen molar-refractivity contribution in [2.75, 3.05) is 0 Å². The third kappa shape index (κ3) is 3.23. The molecule has 4 nitrogen and oxygen atoms in total. The molecule has 0 aliphatic carbocycles. The maximum atomic E-state index is 12.0. The highest BCUT2D eigenvalue weighted by Gasteiger charge is 2.15. The summed E-state index contributed by atoms with van der Waals surface area (Å²) in [6.07, 6.45) is 0. The van der Waals surface area contributed by atoms with Crippen molar-refractivity contribution < 1.29 is 14.7 Å². The summed E-state index contributed by atoms with van der Waals surface area (Å²) in [6.45, 7) is 1.43. The van der Waals surface area contributed by atoms with Crippen LogP contribution in [0.4, 0.5) is 0 Å². The zero-order chi connectivity index (χ0) is 14.5. The van der Waals surface area contributed by atoms with Gasteiger partial charge in [-0.05, 0) is 30.2 Å². The van der Waals surface area contributed by atoms with Gasteiger partial charge in [-0.15, -0.1) is 0 Å². The van der Waals surface area contributed by atoms with Gasteiger partial charge in [0, 0.05) is 5.56 Å². The molecule has 0 heterocycles. The van der Waals surface area contributed by atoms with Crippen LogP contribution in [0.25, 0.3) is 11.1 Å². The van der Waals surface area contributed by atoms with Gasteiger partial charge >= 0.3 is 5.97 Å². The Kier molecular flexibility index (Phi) is 4.15. The Morgan fingerprint density at radius 3 is 2.30 bits per heavy atom. The molecule has 0 spiro atoms. The summed E-state index contributed by atoms with van der Waals surface area (Å²) >= 11 is 0. The molecule has 0 bridgehead atoms. The molecule has 1 amide bonds. The third-order valence-electron chi connectivity index (χ3n) is 2.95. The predicted octanol–water partition coefficient (Wildman–Crippen LogP) is 2.56. The van der Waals surface area contributed by atoms with Crippen molar-refractivity contribution >= 4 is 11.9 Å². The molecule has 2 aromatic carbocycles. The number of aliphatic carboxylic acids is 1. The fourth-order valence-electron chi connectivity index (χ4n) is 1.81. The molecule has 2 N–H and O–H groups in total. The number of carbonyl (C=O) groups excluding carboxylic acids is 1. The lowest BCUT2D eigenvalue weighted by atomic mass is 10.0. The molecule has 2 rings (SSSR count). The second kappa shape index (κ2) is 6.02. The zero-order valence-electron chi connectivity index (χ0n) is 11.0. The molecule has 0 radical (unpaired) electrons. The van der Waals surface area contributed by atoms with E-state index in [1.807, 2.05) is 36.4 Å². The standard InChI is InChI=1S/C16H15NO3/c1-11(16(19)20)17-15(18)14-9-5-8-13(10-14)12-6-3-2-4-7-12/h2-11H,1H3,(H,17,18)(H,19,20)/t11-/m0/s1. The molecular weight excluding hydrogens is 254 g/mol. The molecule has 4 heteroatoms. The van der Waals surface area contributed by atoms with Gasteiger partial charge in [-0.25, -0.2) is 0 Å². The SMILES string of the molecule is C[C@H](NC(=O)c1cccc(-c2ccccc2)c1)C(=O)O. The van der Waals surface area contributed by atoms with Crippen molar-refractivity contribution in [1.82, 2.24) is 5.32 Å². The number of nitrogens with one attached hydrogen (secondary N) is 1. The molecule has 0 aliphatic heterocycles. The largest absolute Gasteiger partial charge is 0.480 e. The van der Waals surface area contributed by atoms with Gasteiger partial charge in [-0.1, -0.05) is 42.5 Å². The summed E-state index contributed by atoms with van der Waals surface area (Å²) in [5.41, 5.74) is 2.37. The van der Waals surface area contributed by atoms with E-state index in [9.17, 15) is 9.59 Å². The molecule has 0 aliphatic rings. The Bertz CT molecular complexity index is 623. The number of carbonyl (C=O) groups is 2. The van der Waals surface area contributed by atoms with E-state index in [1.165, 1.54) is 6.92 Å². The first kappa shape index (κ1) is 13.8. The number of benzene rings is 2. The summed E-state index contributed by atoms with van der Waals surface area (Å²) in [4.78, 5) is 22.7. The first-order valence-electron chi connectivity index (χ1n) is 6.27. The van der Waals surface area contributed by atoms with Crippen LogP contribution in [0.5, 0.6) is 0 Å². The van der Waals surface area contributed by atoms with E-state index in [2.05, 4.69) is 5.32 Å². The molecule has 1 atom stereocenters. The second-order valence-corrected chi connectivity index (χ2v) is 4.48. The van der Waals surface area contributed by atoms with E-state index in [4.69, 9.17) is 5.11 Å². The average Bonchev–Trinajstić information content (AvgIpc) is 2.48. The highest BCUT2D eigenvalue weighted by molar-refractivity contribution is 5.97. The maximum Gasteiger partial charge on any atom is 0.325 e. The van der Waals surface area contributed by atoms with Gasteiger partial charge in [0.25, 0.3) is 5.91 Å². The van der Waals surface area contributed by atoms with Gasteiger partial charge in [-0.3, -0.25) is 9.59 Å². The number of carboxylic acid groups (broad SMARTS) is 1. The molecule has 0 saturated heterocycles. The second-order valence-electron chi connectivity index (χ2n) is 4.48. The maximum absolute atomic E-state index is 12.0. The highest BCUT2D eigenvalue weighted by atomic mass is 16.4. The minimum absolute atomic E-state index is 0.391. The van der Waals surface area contributed by atoms with Gasteiger partial charge in [0.05, 0.1) is 0 Å². The molecule has 20 heavy (non-hydrogen) atoms. The topological polar surface area (TPSA) is 66.4 Å². The molecule has 0 aromatic heterocycles. The molecule has 2 aromatic rings. The minimum atomic E-state index is -1.06. The van der Waals surface area contributed by atoms with E-state index in [1.54, 1.807) is 18.2 Å². The summed E-state index contributed by atoms with van der Waals surface area (Å²) in [7, 11) is 0. The van der Waals surface area contributed by atoms with E-state index < -0.39 is 17.9 Å². The van der Waals surface area contributed by atoms with Gasteiger partial charge in [0.15, 0.2) is 0 Å². The van der Waals surface area contributed by atoms with Crippen molar-refractivity contribution in [2.24, 2.45) is 0 Å². The third-order valence-corrected chi connectivity index (χ3v) is 2.95. The van der Waals surface area contributed by atoms with Crippen molar-refractivity contribution in [3.63, 3.8) is 0 Å². The number of carboxylic acids is 1. The lowest BCUT2D eigenvalue weighted by molar-refractivity contribution is -0.138. The number of amides is 1. The van der Waals surface area contributed by atoms with Crippen LogP contribution in [0.3, 0.4) is 0 Å². The van der Waals surface area contributed by atoms with E-state index >= 15 is 0 Å². The van der Waals surface area contributed by atoms with Gasteiger partial charge < -0.3 is 10.4 Å². The van der Waals surface area contributed by atoms with Crippen molar-refractivity contribution in [3.8, 4) is 11.1 Å². The summed E-state index contributed by atoms with van der Waals surface area (Å²) in [6, 6.07) is 15.9. The monoisotopic (exact) mass is 269 g/mol. The van der Waals surface area contributed by atoms with Crippen molar-refractivity contribution in [1.29, 1.82) is 0 Å². The summed E-state index contributed by atoms with van der Waals surface area (Å²) in [5, 5.41) is 11.2. The van der Waals surface area contributed by atoms with Crippen molar-refractivity contribution in [3.05, 3.63) is 60.2 Å². The van der Waals surface area contributed by atoms with Gasteiger partial charge in [0.2, 0.25) is 0 Å². The first-order valence-corrected chi connectivity index (χ1v) is 6.27. The average molecular weight is 269 g/mol. The lowest BCUT2D eigenvalue weighted by Gasteiger charge is -2.10. The normalized spacial score (nSPS) is 11.7. The highest BCUT2D eigenvalue weighted by Crippen LogP contribution is 2.19. The van der Waals surface area contributed by atoms with Crippen LogP contribution in [-0.2, 0) is 4.79 Å². The molecule has 0 fully saturated rings. The number of hydrogen-bond donors (Lipinski definition) is 2. The Balaban J connectivity index is 2.22. The molecule has 0 unspecified atom stereocenters. The smallest absolute Gasteiger partial charge is 0.325 e. The Labute approximate surface area is 117 Å². The van der Waals surface area contributed by atoms with Crippen LogP contribution >= 0.6 is 0 Å². The first-order chi connectivity index (χ1) is 9.58. The van der Waals surface area contributed by atoms with Gasteiger partial charge in [-0.2, -0.15) is 0 Å². The fourth-order valence-corrected chi connectivity index (χ4v) is 1.81. The Morgan fingerprint density at radius 1 is 1.00 bits per heavy atom. The zero-order valence-corrected chi connectivity index (χ0v) is 11.0. The van der Waals surface area contributed by atoms with Crippen LogP contribution in [0, 0.1) is 0 Å². The van der Waals surface area contributed by atoms with E-state index in [-0.39, 0.29) is 0 Å². The minimum Gasteiger partial charge on any atom is -0.480 e. The van der Waals surface area contributed by atoms with Crippen LogP contribution in [0.2, 0.25) is 0 Å². The van der Waals surface area contributed by atoms with E-state index in [0.29, 0.717) is 5.56 Å². The molecule has 0 saturated carbocycles. The van der Waals surface area contributed by atoms with Crippen LogP contribution in [-0.4, -0.2) is 23.0 Å². The Hall–Kier alpha value is -2.62. The fraction of sp³-hybridized carbons (Fsp3) is 0.125. The predicted molar refractivity (Wildman–Crippen MR) is 76.4 cm³/mol. The van der Waals surface area contributed by atoms with E-state index in [0.717, 1.165) is 11.1 Å².